The molecule has 26 heavy (non-hydrogen) atoms. The number of benzene rings is 2. The number of carbonyl (C=O) groups is 1. The Hall–Kier alpha value is -2.76. The molecule has 0 unspecified atom stereocenters. The molecule has 2 aromatic carbocycles. The van der Waals surface area contributed by atoms with Gasteiger partial charge in [0.1, 0.15) is 0 Å². The van der Waals surface area contributed by atoms with Gasteiger partial charge in [0.05, 0.1) is 17.7 Å². The van der Waals surface area contributed by atoms with E-state index < -0.39 is 17.7 Å². The molecule has 3 nitrogen and oxygen atoms in total. The highest BCUT2D eigenvalue weighted by Gasteiger charge is 2.32. The zero-order chi connectivity index (χ0) is 18.9. The van der Waals surface area contributed by atoms with Crippen molar-refractivity contribution in [1.82, 2.24) is 4.57 Å². The standard InChI is InChI=1S/C20H18F3NO2/c1-3-26-19(25)18-13(2)24(12-14-7-5-4-6-8-14)17-10-9-15(11-16(17)18)20(21,22)23/h4-11H,3,12H2,1-2H3. The van der Waals surface area contributed by atoms with E-state index in [4.69, 9.17) is 4.74 Å². The zero-order valence-corrected chi connectivity index (χ0v) is 14.4. The minimum absolute atomic E-state index is 0.155. The third-order valence-corrected chi connectivity index (χ3v) is 4.31. The van der Waals surface area contributed by atoms with Crippen molar-refractivity contribution in [3.05, 3.63) is 70.9 Å². The maximum absolute atomic E-state index is 13.1. The van der Waals surface area contributed by atoms with Gasteiger partial charge in [-0.05, 0) is 37.6 Å². The van der Waals surface area contributed by atoms with Crippen molar-refractivity contribution in [1.29, 1.82) is 0 Å². The summed E-state index contributed by atoms with van der Waals surface area (Å²) in [7, 11) is 0. The molecule has 0 saturated carbocycles. The summed E-state index contributed by atoms with van der Waals surface area (Å²) in [6.07, 6.45) is -4.48. The minimum Gasteiger partial charge on any atom is -0.462 e. The number of hydrogen-bond donors (Lipinski definition) is 0. The van der Waals surface area contributed by atoms with Crippen molar-refractivity contribution >= 4 is 16.9 Å². The van der Waals surface area contributed by atoms with Crippen LogP contribution in [0.3, 0.4) is 0 Å². The SMILES string of the molecule is CCOC(=O)c1c(C)n(Cc2ccccc2)c2ccc(C(F)(F)F)cc12. The summed E-state index contributed by atoms with van der Waals surface area (Å²) in [5.74, 6) is -0.610. The first-order valence-corrected chi connectivity index (χ1v) is 8.24. The number of aromatic nitrogens is 1. The molecule has 0 fully saturated rings. The van der Waals surface area contributed by atoms with Gasteiger partial charge in [0.25, 0.3) is 0 Å². The highest BCUT2D eigenvalue weighted by Crippen LogP contribution is 2.35. The number of halogens is 3. The van der Waals surface area contributed by atoms with Crippen molar-refractivity contribution in [3.63, 3.8) is 0 Å². The van der Waals surface area contributed by atoms with Crippen LogP contribution in [0, 0.1) is 6.92 Å². The Balaban J connectivity index is 2.21. The predicted octanol–water partition coefficient (Wildman–Crippen LogP) is 5.19. The lowest BCUT2D eigenvalue weighted by Gasteiger charge is -2.10. The minimum atomic E-state index is -4.48. The van der Waals surface area contributed by atoms with E-state index >= 15 is 0 Å². The Labute approximate surface area is 149 Å². The predicted molar refractivity (Wildman–Crippen MR) is 93.2 cm³/mol. The molecule has 3 rings (SSSR count). The number of fused-ring (bicyclic) bond motifs is 1. The Morgan fingerprint density at radius 2 is 1.81 bits per heavy atom. The van der Waals surface area contributed by atoms with E-state index in [1.54, 1.807) is 13.8 Å². The van der Waals surface area contributed by atoms with Crippen LogP contribution in [0.1, 0.15) is 34.1 Å². The first kappa shape index (κ1) is 18.0. The fourth-order valence-electron chi connectivity index (χ4n) is 3.09. The van der Waals surface area contributed by atoms with E-state index in [0.717, 1.165) is 17.7 Å². The summed E-state index contributed by atoms with van der Waals surface area (Å²) >= 11 is 0. The van der Waals surface area contributed by atoms with Crippen molar-refractivity contribution in [2.45, 2.75) is 26.6 Å². The van der Waals surface area contributed by atoms with Gasteiger partial charge in [-0.2, -0.15) is 13.2 Å². The van der Waals surface area contributed by atoms with Gasteiger partial charge in [-0.25, -0.2) is 4.79 Å². The summed E-state index contributed by atoms with van der Waals surface area (Å²) in [5, 5.41) is 0.256. The van der Waals surface area contributed by atoms with E-state index in [1.807, 2.05) is 34.9 Å². The van der Waals surface area contributed by atoms with Crippen LogP contribution in [0.15, 0.2) is 48.5 Å². The number of ether oxygens (including phenoxy) is 1. The molecule has 0 radical (unpaired) electrons. The van der Waals surface area contributed by atoms with E-state index in [1.165, 1.54) is 6.07 Å². The summed E-state index contributed by atoms with van der Waals surface area (Å²) < 4.78 is 46.3. The van der Waals surface area contributed by atoms with Crippen molar-refractivity contribution in [3.8, 4) is 0 Å². The van der Waals surface area contributed by atoms with Crippen LogP contribution < -0.4 is 0 Å². The number of alkyl halides is 3. The van der Waals surface area contributed by atoms with Gasteiger partial charge < -0.3 is 9.30 Å². The molecule has 0 aliphatic heterocycles. The average Bonchev–Trinajstić information content (AvgIpc) is 2.87. The van der Waals surface area contributed by atoms with Gasteiger partial charge >= 0.3 is 12.1 Å². The Morgan fingerprint density at radius 1 is 1.12 bits per heavy atom. The summed E-state index contributed by atoms with van der Waals surface area (Å²) in [4.78, 5) is 12.4. The maximum Gasteiger partial charge on any atom is 0.416 e. The second-order valence-electron chi connectivity index (χ2n) is 5.98. The van der Waals surface area contributed by atoms with Crippen LogP contribution in [-0.4, -0.2) is 17.1 Å². The average molecular weight is 361 g/mol. The highest BCUT2D eigenvalue weighted by atomic mass is 19.4. The largest absolute Gasteiger partial charge is 0.462 e. The summed E-state index contributed by atoms with van der Waals surface area (Å²) in [6, 6.07) is 13.0. The molecule has 136 valence electrons. The summed E-state index contributed by atoms with van der Waals surface area (Å²) in [6.45, 7) is 4.00. The molecule has 6 heteroatoms. The van der Waals surface area contributed by atoms with Gasteiger partial charge in [0.2, 0.25) is 0 Å². The third-order valence-electron chi connectivity index (χ3n) is 4.31. The lowest BCUT2D eigenvalue weighted by atomic mass is 10.1. The zero-order valence-electron chi connectivity index (χ0n) is 14.4. The van der Waals surface area contributed by atoms with Crippen molar-refractivity contribution in [2.24, 2.45) is 0 Å². The molecule has 1 aromatic heterocycles. The number of rotatable bonds is 4. The van der Waals surface area contributed by atoms with Crippen LogP contribution >= 0.6 is 0 Å². The molecule has 0 N–H and O–H groups in total. The lowest BCUT2D eigenvalue weighted by Crippen LogP contribution is -2.08. The topological polar surface area (TPSA) is 31.2 Å². The highest BCUT2D eigenvalue weighted by molar-refractivity contribution is 6.06. The monoisotopic (exact) mass is 361 g/mol. The molecule has 3 aromatic rings. The molecule has 1 heterocycles. The maximum atomic E-state index is 13.1. The van der Waals surface area contributed by atoms with Gasteiger partial charge in [-0.3, -0.25) is 0 Å². The van der Waals surface area contributed by atoms with Gasteiger partial charge in [-0.15, -0.1) is 0 Å². The fraction of sp³-hybridized carbons (Fsp3) is 0.250. The molecule has 0 aliphatic carbocycles. The first-order valence-electron chi connectivity index (χ1n) is 8.24. The van der Waals surface area contributed by atoms with Crippen molar-refractivity contribution < 1.29 is 22.7 Å². The molecule has 0 spiro atoms. The second-order valence-corrected chi connectivity index (χ2v) is 5.98. The number of carbonyl (C=O) groups excluding carboxylic acids is 1. The Bertz CT molecular complexity index is 943. The molecule has 0 amide bonds. The molecular weight excluding hydrogens is 343 g/mol. The molecule has 0 saturated heterocycles. The van der Waals surface area contributed by atoms with E-state index in [-0.39, 0.29) is 17.6 Å². The quantitative estimate of drug-likeness (QED) is 0.599. The number of hydrogen-bond acceptors (Lipinski definition) is 2. The van der Waals surface area contributed by atoms with Gasteiger partial charge in [0, 0.05) is 23.1 Å². The Morgan fingerprint density at radius 3 is 2.42 bits per heavy atom. The molecule has 0 aliphatic rings. The molecular formula is C20H18F3NO2. The van der Waals surface area contributed by atoms with Crippen LogP contribution in [0.2, 0.25) is 0 Å². The third kappa shape index (κ3) is 3.31. The summed E-state index contributed by atoms with van der Waals surface area (Å²) in [5.41, 5.74) is 1.54. The lowest BCUT2D eigenvalue weighted by molar-refractivity contribution is -0.137. The van der Waals surface area contributed by atoms with Crippen molar-refractivity contribution in [2.75, 3.05) is 6.61 Å². The van der Waals surface area contributed by atoms with Crippen LogP contribution in [0.5, 0.6) is 0 Å². The normalized spacial score (nSPS) is 11.7. The van der Waals surface area contributed by atoms with Crippen LogP contribution in [0.25, 0.3) is 10.9 Å². The molecule has 0 bridgehead atoms. The number of nitrogens with zero attached hydrogens (tertiary/aromatic N) is 1. The van der Waals surface area contributed by atoms with E-state index in [2.05, 4.69) is 0 Å². The smallest absolute Gasteiger partial charge is 0.416 e. The second kappa shape index (κ2) is 6.86. The molecule has 0 atom stereocenters. The van der Waals surface area contributed by atoms with Gasteiger partial charge in [0.15, 0.2) is 0 Å². The Kier molecular flexibility index (Phi) is 4.76. The van der Waals surface area contributed by atoms with Gasteiger partial charge in [-0.1, -0.05) is 30.3 Å². The van der Waals surface area contributed by atoms with E-state index in [9.17, 15) is 18.0 Å². The first-order chi connectivity index (χ1) is 12.3. The van der Waals surface area contributed by atoms with E-state index in [0.29, 0.717) is 17.8 Å². The van der Waals surface area contributed by atoms with Crippen LogP contribution in [-0.2, 0) is 17.5 Å². The van der Waals surface area contributed by atoms with Crippen LogP contribution in [0.4, 0.5) is 13.2 Å². The fourth-order valence-corrected chi connectivity index (χ4v) is 3.09. The number of esters is 1.